The zero-order valence-corrected chi connectivity index (χ0v) is 16.1. The number of amides is 2. The summed E-state index contributed by atoms with van der Waals surface area (Å²) in [7, 11) is 0. The van der Waals surface area contributed by atoms with E-state index in [0.717, 1.165) is 16.6 Å². The van der Waals surface area contributed by atoms with Crippen LogP contribution in [0.3, 0.4) is 0 Å². The lowest BCUT2D eigenvalue weighted by atomic mass is 9.87. The van der Waals surface area contributed by atoms with Gasteiger partial charge >= 0.3 is 0 Å². The van der Waals surface area contributed by atoms with Crippen molar-refractivity contribution in [1.82, 2.24) is 30.6 Å². The van der Waals surface area contributed by atoms with Crippen LogP contribution in [0, 0.1) is 5.41 Å². The molecule has 0 spiro atoms. The predicted octanol–water partition coefficient (Wildman–Crippen LogP) is 0.795. The number of benzene rings is 1. The third kappa shape index (κ3) is 4.40. The van der Waals surface area contributed by atoms with Gasteiger partial charge in [-0.25, -0.2) is 0 Å². The lowest BCUT2D eigenvalue weighted by Crippen LogP contribution is -2.51. The van der Waals surface area contributed by atoms with Gasteiger partial charge in [0.1, 0.15) is 17.6 Å². The van der Waals surface area contributed by atoms with Gasteiger partial charge in [0.25, 0.3) is 0 Å². The topological polar surface area (TPSA) is 111 Å². The van der Waals surface area contributed by atoms with Crippen LogP contribution in [0.1, 0.15) is 18.2 Å². The first-order chi connectivity index (χ1) is 14.0. The predicted molar refractivity (Wildman–Crippen MR) is 104 cm³/mol. The Hall–Kier alpha value is -3.33. The maximum atomic E-state index is 12.2. The highest BCUT2D eigenvalue weighted by Gasteiger charge is 2.40. The Morgan fingerprint density at radius 1 is 1.10 bits per heavy atom. The van der Waals surface area contributed by atoms with Crippen molar-refractivity contribution in [3.05, 3.63) is 53.9 Å². The minimum Gasteiger partial charge on any atom is -0.379 e. The molecule has 2 aromatic heterocycles. The van der Waals surface area contributed by atoms with E-state index >= 15 is 0 Å². The zero-order chi connectivity index (χ0) is 20.3. The van der Waals surface area contributed by atoms with Gasteiger partial charge in [-0.3, -0.25) is 14.6 Å². The molecule has 0 aliphatic carbocycles. The number of aromatic nitrogens is 4. The number of carbonyl (C=O) groups is 2. The Morgan fingerprint density at radius 3 is 2.48 bits per heavy atom. The molecular formula is C20H22N6O3. The van der Waals surface area contributed by atoms with E-state index in [9.17, 15) is 9.59 Å². The first kappa shape index (κ1) is 19.0. The van der Waals surface area contributed by atoms with Crippen molar-refractivity contribution in [3.63, 3.8) is 0 Å². The molecule has 150 valence electrons. The molecule has 1 aliphatic rings. The van der Waals surface area contributed by atoms with Gasteiger partial charge in [0.2, 0.25) is 11.8 Å². The number of ether oxygens (including phenoxy) is 1. The van der Waals surface area contributed by atoms with Crippen LogP contribution in [0.15, 0.2) is 42.6 Å². The van der Waals surface area contributed by atoms with E-state index in [4.69, 9.17) is 4.74 Å². The molecule has 3 heterocycles. The first-order valence-electron chi connectivity index (χ1n) is 9.38. The van der Waals surface area contributed by atoms with Crippen molar-refractivity contribution in [3.8, 4) is 0 Å². The average Bonchev–Trinajstić information content (AvgIpc) is 3.11. The van der Waals surface area contributed by atoms with Gasteiger partial charge in [0, 0.05) is 12.7 Å². The number of hydrogen-bond acceptors (Lipinski definition) is 6. The molecule has 29 heavy (non-hydrogen) atoms. The molecule has 0 atom stereocenters. The van der Waals surface area contributed by atoms with Gasteiger partial charge in [-0.05, 0) is 36.8 Å². The second-order valence-electron chi connectivity index (χ2n) is 7.39. The Morgan fingerprint density at radius 2 is 1.83 bits per heavy atom. The smallest absolute Gasteiger partial charge is 0.243 e. The van der Waals surface area contributed by atoms with Crippen molar-refractivity contribution in [2.75, 3.05) is 13.2 Å². The van der Waals surface area contributed by atoms with Crippen LogP contribution in [-0.2, 0) is 34.0 Å². The zero-order valence-electron chi connectivity index (χ0n) is 16.1. The number of pyridine rings is 1. The Labute approximate surface area is 167 Å². The molecule has 9 nitrogen and oxygen atoms in total. The Kier molecular flexibility index (Phi) is 5.22. The summed E-state index contributed by atoms with van der Waals surface area (Å²) >= 11 is 0. The summed E-state index contributed by atoms with van der Waals surface area (Å²) in [5.74, 6) is -0.224. The molecule has 0 unspecified atom stereocenters. The van der Waals surface area contributed by atoms with E-state index in [-0.39, 0.29) is 24.9 Å². The molecule has 9 heteroatoms. The minimum atomic E-state index is -0.435. The number of carbonyl (C=O) groups excluding carboxylic acids is 2. The van der Waals surface area contributed by atoms with Crippen molar-refractivity contribution < 1.29 is 14.3 Å². The molecule has 0 bridgehead atoms. The number of hydrogen-bond donors (Lipinski definition) is 2. The second kappa shape index (κ2) is 7.96. The van der Waals surface area contributed by atoms with E-state index in [1.807, 2.05) is 43.3 Å². The summed E-state index contributed by atoms with van der Waals surface area (Å²) in [6.07, 6.45) is 1.67. The monoisotopic (exact) mass is 394 g/mol. The van der Waals surface area contributed by atoms with E-state index < -0.39 is 5.41 Å². The SMILES string of the molecule is CC1(C(=O)NCc2ccnc(CNC(=O)Cn3nc4ccccc4n3)c2)COC1. The van der Waals surface area contributed by atoms with Crippen molar-refractivity contribution in [2.24, 2.45) is 5.41 Å². The lowest BCUT2D eigenvalue weighted by molar-refractivity contribution is -0.157. The van der Waals surface area contributed by atoms with Crippen LogP contribution < -0.4 is 10.6 Å². The molecule has 2 N–H and O–H groups in total. The van der Waals surface area contributed by atoms with Gasteiger partial charge in [-0.15, -0.1) is 0 Å². The molecular weight excluding hydrogens is 372 g/mol. The van der Waals surface area contributed by atoms with Crippen LogP contribution in [0.5, 0.6) is 0 Å². The molecule has 2 amide bonds. The maximum absolute atomic E-state index is 12.2. The molecule has 1 aliphatic heterocycles. The van der Waals surface area contributed by atoms with Gasteiger partial charge in [0.05, 0.1) is 30.9 Å². The standard InChI is InChI=1S/C20H22N6O3/c1-20(12-29-13-20)19(28)23-9-14-6-7-21-15(8-14)10-22-18(27)11-26-24-16-4-2-3-5-17(16)25-26/h2-8H,9-13H2,1H3,(H,22,27)(H,23,28). The molecule has 4 rings (SSSR count). The number of fused-ring (bicyclic) bond motifs is 1. The highest BCUT2D eigenvalue weighted by molar-refractivity contribution is 5.83. The first-order valence-corrected chi connectivity index (χ1v) is 9.38. The van der Waals surface area contributed by atoms with Gasteiger partial charge in [0.15, 0.2) is 0 Å². The Balaban J connectivity index is 1.28. The van der Waals surface area contributed by atoms with Crippen LogP contribution in [0.2, 0.25) is 0 Å². The van der Waals surface area contributed by atoms with Gasteiger partial charge < -0.3 is 15.4 Å². The summed E-state index contributed by atoms with van der Waals surface area (Å²) in [6, 6.07) is 11.2. The average molecular weight is 394 g/mol. The fourth-order valence-electron chi connectivity index (χ4n) is 3.02. The molecule has 0 radical (unpaired) electrons. The maximum Gasteiger partial charge on any atom is 0.243 e. The van der Waals surface area contributed by atoms with Crippen molar-refractivity contribution in [1.29, 1.82) is 0 Å². The quantitative estimate of drug-likeness (QED) is 0.613. The second-order valence-corrected chi connectivity index (χ2v) is 7.39. The van der Waals surface area contributed by atoms with Gasteiger partial charge in [-0.1, -0.05) is 12.1 Å². The van der Waals surface area contributed by atoms with Gasteiger partial charge in [-0.2, -0.15) is 15.0 Å². The van der Waals surface area contributed by atoms with Crippen LogP contribution in [0.4, 0.5) is 0 Å². The molecule has 3 aromatic rings. The summed E-state index contributed by atoms with van der Waals surface area (Å²) in [4.78, 5) is 30.0. The third-order valence-corrected chi connectivity index (χ3v) is 4.80. The molecule has 1 saturated heterocycles. The normalized spacial score (nSPS) is 14.9. The number of nitrogens with one attached hydrogen (secondary N) is 2. The minimum absolute atomic E-state index is 0.0190. The molecule has 1 aromatic carbocycles. The van der Waals surface area contributed by atoms with Crippen LogP contribution in [-0.4, -0.2) is 45.0 Å². The van der Waals surface area contributed by atoms with Crippen LogP contribution >= 0.6 is 0 Å². The van der Waals surface area contributed by atoms with Crippen molar-refractivity contribution >= 4 is 22.8 Å². The lowest BCUT2D eigenvalue weighted by Gasteiger charge is -2.36. The molecule has 1 fully saturated rings. The summed E-state index contributed by atoms with van der Waals surface area (Å²) in [5, 5.41) is 14.3. The summed E-state index contributed by atoms with van der Waals surface area (Å²) in [5.41, 5.74) is 2.69. The molecule has 0 saturated carbocycles. The Bertz CT molecular complexity index is 1010. The largest absolute Gasteiger partial charge is 0.379 e. The van der Waals surface area contributed by atoms with E-state index in [0.29, 0.717) is 25.5 Å². The highest BCUT2D eigenvalue weighted by Crippen LogP contribution is 2.26. The van der Waals surface area contributed by atoms with E-state index in [2.05, 4.69) is 25.8 Å². The van der Waals surface area contributed by atoms with Crippen molar-refractivity contribution in [2.45, 2.75) is 26.6 Å². The fourth-order valence-corrected chi connectivity index (χ4v) is 3.02. The fraction of sp³-hybridized carbons (Fsp3) is 0.350. The van der Waals surface area contributed by atoms with Crippen LogP contribution in [0.25, 0.3) is 11.0 Å². The van der Waals surface area contributed by atoms with E-state index in [1.54, 1.807) is 6.20 Å². The third-order valence-electron chi connectivity index (χ3n) is 4.80. The highest BCUT2D eigenvalue weighted by atomic mass is 16.5. The number of nitrogens with zero attached hydrogens (tertiary/aromatic N) is 4. The number of rotatable bonds is 7. The van der Waals surface area contributed by atoms with E-state index in [1.165, 1.54) is 4.80 Å². The summed E-state index contributed by atoms with van der Waals surface area (Å²) in [6.45, 7) is 3.51. The summed E-state index contributed by atoms with van der Waals surface area (Å²) < 4.78 is 5.12.